The van der Waals surface area contributed by atoms with Gasteiger partial charge in [0.1, 0.15) is 18.6 Å². The number of urea groups is 1. The normalized spacial score (nSPS) is 18.8. The van der Waals surface area contributed by atoms with Gasteiger partial charge in [0.2, 0.25) is 11.8 Å². The lowest BCUT2D eigenvalue weighted by molar-refractivity contribution is -0.153. The number of amides is 7. The Bertz CT molecular complexity index is 1060. The molecule has 0 saturated carbocycles. The maximum absolute atomic E-state index is 12.7. The van der Waals surface area contributed by atoms with Crippen LogP contribution in [-0.4, -0.2) is 120 Å². The molecule has 0 spiro atoms. The van der Waals surface area contributed by atoms with Crippen molar-refractivity contribution in [3.63, 3.8) is 0 Å². The predicted molar refractivity (Wildman–Crippen MR) is 116 cm³/mol. The monoisotopic (exact) mass is 534 g/mol. The zero-order valence-corrected chi connectivity index (χ0v) is 20.2. The summed E-state index contributed by atoms with van der Waals surface area (Å²) in [7, 11) is -4.82. The average molecular weight is 535 g/mol. The maximum Gasteiger partial charge on any atom is 0.362 e. The number of esters is 1. The van der Waals surface area contributed by atoms with E-state index < -0.39 is 83.4 Å². The number of ether oxygens (including phenoxy) is 1. The Labute approximate surface area is 205 Å². The molecule has 36 heavy (non-hydrogen) atoms. The summed E-state index contributed by atoms with van der Waals surface area (Å²) in [4.78, 5) is 87.1. The number of piperazine rings is 1. The zero-order chi connectivity index (χ0) is 27.2. The highest BCUT2D eigenvalue weighted by Gasteiger charge is 2.45. The highest BCUT2D eigenvalue weighted by Crippen LogP contribution is 2.14. The van der Waals surface area contributed by atoms with Crippen molar-refractivity contribution in [2.45, 2.75) is 32.4 Å². The van der Waals surface area contributed by atoms with Crippen LogP contribution < -0.4 is 16.0 Å². The van der Waals surface area contributed by atoms with E-state index in [9.17, 15) is 42.0 Å². The Morgan fingerprint density at radius 2 is 1.78 bits per heavy atom. The van der Waals surface area contributed by atoms with Crippen molar-refractivity contribution >= 4 is 51.8 Å². The van der Waals surface area contributed by atoms with Crippen LogP contribution in [0.3, 0.4) is 0 Å². The molecule has 2 aliphatic rings. The van der Waals surface area contributed by atoms with Gasteiger partial charge in [0.05, 0.1) is 19.6 Å². The van der Waals surface area contributed by atoms with E-state index >= 15 is 0 Å². The van der Waals surface area contributed by atoms with Gasteiger partial charge < -0.3 is 25.6 Å². The molecule has 0 radical (unpaired) electrons. The molecule has 7 amide bonds. The fraction of sp³-hybridized carbons (Fsp3) is 0.611. The van der Waals surface area contributed by atoms with Crippen LogP contribution in [0, 0.1) is 0 Å². The smallest absolute Gasteiger partial charge is 0.362 e. The Morgan fingerprint density at radius 3 is 2.33 bits per heavy atom. The van der Waals surface area contributed by atoms with Crippen LogP contribution in [0.15, 0.2) is 0 Å². The minimum atomic E-state index is -4.82. The number of rotatable bonds is 10. The van der Waals surface area contributed by atoms with Crippen LogP contribution in [0.1, 0.15) is 20.3 Å². The molecule has 0 aromatic rings. The quantitative estimate of drug-likeness (QED) is 0.0912. The standard InChI is InChI=1S/C18H26N6O11S/c1-3-22-5-6-23(17(30)16(22)29)18(31)21-10(7-12(25)19-8-13(26)35-4-2)14(27)20-11-9-24(15(11)28)36(32,33)34/h10-11H,3-9H2,1-2H3,(H,19,25)(H,20,27)(H,21,31)(H,32,33,34). The van der Waals surface area contributed by atoms with Crippen LogP contribution >= 0.6 is 0 Å². The molecule has 0 aromatic carbocycles. The van der Waals surface area contributed by atoms with E-state index in [1.54, 1.807) is 13.8 Å². The zero-order valence-electron chi connectivity index (χ0n) is 19.4. The molecular weight excluding hydrogens is 508 g/mol. The van der Waals surface area contributed by atoms with Gasteiger partial charge in [0.15, 0.2) is 0 Å². The molecule has 2 atom stereocenters. The maximum atomic E-state index is 12.7. The number of nitrogens with zero attached hydrogens (tertiary/aromatic N) is 3. The van der Waals surface area contributed by atoms with Crippen LogP contribution in [-0.2, 0) is 43.8 Å². The van der Waals surface area contributed by atoms with Crippen molar-refractivity contribution in [2.24, 2.45) is 0 Å². The Hall–Kier alpha value is -3.80. The lowest BCUT2D eigenvalue weighted by Gasteiger charge is -2.36. The molecule has 0 aromatic heterocycles. The van der Waals surface area contributed by atoms with Crippen molar-refractivity contribution in [1.29, 1.82) is 0 Å². The first kappa shape index (κ1) is 28.4. The third-order valence-electron chi connectivity index (χ3n) is 5.16. The molecule has 17 nitrogen and oxygen atoms in total. The molecule has 18 heteroatoms. The van der Waals surface area contributed by atoms with Crippen molar-refractivity contribution < 1.29 is 51.3 Å². The summed E-state index contributed by atoms with van der Waals surface area (Å²) >= 11 is 0. The minimum Gasteiger partial charge on any atom is -0.465 e. The second-order valence-corrected chi connectivity index (χ2v) is 8.87. The minimum absolute atomic E-state index is 0.0490. The van der Waals surface area contributed by atoms with Crippen molar-refractivity contribution in [3.8, 4) is 0 Å². The van der Waals surface area contributed by atoms with Gasteiger partial charge in [-0.05, 0) is 13.8 Å². The van der Waals surface area contributed by atoms with Gasteiger partial charge in [0.25, 0.3) is 5.91 Å². The molecule has 2 saturated heterocycles. The predicted octanol–water partition coefficient (Wildman–Crippen LogP) is -4.05. The number of nitrogens with one attached hydrogen (secondary N) is 3. The Kier molecular flexibility index (Phi) is 9.29. The number of imide groups is 1. The van der Waals surface area contributed by atoms with Gasteiger partial charge in [-0.3, -0.25) is 38.2 Å². The van der Waals surface area contributed by atoms with Gasteiger partial charge in [0, 0.05) is 19.6 Å². The topological polar surface area (TPSA) is 229 Å². The number of likely N-dealkylation sites (N-methyl/N-ethyl adjacent to an activating group) is 1. The number of hydrogen-bond donors (Lipinski definition) is 4. The number of hydrogen-bond acceptors (Lipinski definition) is 10. The first-order valence-electron chi connectivity index (χ1n) is 10.7. The molecule has 2 unspecified atom stereocenters. The summed E-state index contributed by atoms with van der Waals surface area (Å²) in [5, 5.41) is 6.45. The average Bonchev–Trinajstić information content (AvgIpc) is 2.80. The molecule has 4 N–H and O–H groups in total. The van der Waals surface area contributed by atoms with Crippen molar-refractivity contribution in [2.75, 3.05) is 39.3 Å². The lowest BCUT2D eigenvalue weighted by Crippen LogP contribution is -2.67. The first-order chi connectivity index (χ1) is 16.8. The third kappa shape index (κ3) is 6.87. The van der Waals surface area contributed by atoms with Crippen LogP contribution in [0.4, 0.5) is 4.79 Å². The van der Waals surface area contributed by atoms with E-state index in [4.69, 9.17) is 4.55 Å². The van der Waals surface area contributed by atoms with Gasteiger partial charge in [-0.25, -0.2) is 9.10 Å². The molecule has 2 aliphatic heterocycles. The van der Waals surface area contributed by atoms with Crippen LogP contribution in [0.2, 0.25) is 0 Å². The van der Waals surface area contributed by atoms with E-state index in [1.807, 2.05) is 0 Å². The summed E-state index contributed by atoms with van der Waals surface area (Å²) < 4.78 is 35.8. The van der Waals surface area contributed by atoms with Gasteiger partial charge in [-0.1, -0.05) is 0 Å². The van der Waals surface area contributed by atoms with E-state index in [1.165, 1.54) is 4.90 Å². The molecule has 0 aliphatic carbocycles. The second-order valence-electron chi connectivity index (χ2n) is 7.54. The summed E-state index contributed by atoms with van der Waals surface area (Å²) in [6.45, 7) is 2.22. The third-order valence-corrected chi connectivity index (χ3v) is 6.05. The largest absolute Gasteiger partial charge is 0.465 e. The number of carbonyl (C=O) groups is 7. The number of carbonyl (C=O) groups excluding carboxylic acids is 7. The van der Waals surface area contributed by atoms with E-state index in [2.05, 4.69) is 20.7 Å². The fourth-order valence-electron chi connectivity index (χ4n) is 3.23. The van der Waals surface area contributed by atoms with Gasteiger partial charge in [-0.2, -0.15) is 8.42 Å². The van der Waals surface area contributed by atoms with Crippen molar-refractivity contribution in [1.82, 2.24) is 30.1 Å². The highest BCUT2D eigenvalue weighted by molar-refractivity contribution is 7.84. The molecule has 2 rings (SSSR count). The van der Waals surface area contributed by atoms with E-state index in [-0.39, 0.29) is 30.5 Å². The summed E-state index contributed by atoms with van der Waals surface area (Å²) in [5.74, 6) is -5.99. The second kappa shape index (κ2) is 11.8. The molecule has 200 valence electrons. The summed E-state index contributed by atoms with van der Waals surface area (Å²) in [6, 6.07) is -4.24. The summed E-state index contributed by atoms with van der Waals surface area (Å²) in [6.07, 6.45) is -0.753. The van der Waals surface area contributed by atoms with Gasteiger partial charge in [-0.15, -0.1) is 0 Å². The fourth-order valence-corrected chi connectivity index (χ4v) is 3.92. The Balaban J connectivity index is 2.10. The SMILES string of the molecule is CCOC(=O)CNC(=O)CC(NC(=O)N1CCN(CC)C(=O)C1=O)C(=O)NC1CN(S(=O)(=O)O)C1=O. The molecular formula is C18H26N6O11S. The van der Waals surface area contributed by atoms with Gasteiger partial charge >= 0.3 is 34.1 Å². The van der Waals surface area contributed by atoms with Crippen molar-refractivity contribution in [3.05, 3.63) is 0 Å². The molecule has 2 fully saturated rings. The number of β-lactam (4-membered cyclic amide) rings is 1. The molecule has 0 bridgehead atoms. The van der Waals surface area contributed by atoms with Crippen LogP contribution in [0.25, 0.3) is 0 Å². The van der Waals surface area contributed by atoms with Crippen LogP contribution in [0.5, 0.6) is 0 Å². The first-order valence-corrected chi connectivity index (χ1v) is 12.1. The Morgan fingerprint density at radius 1 is 1.11 bits per heavy atom. The highest BCUT2D eigenvalue weighted by atomic mass is 32.2. The van der Waals surface area contributed by atoms with E-state index in [0.717, 1.165) is 0 Å². The molecule has 2 heterocycles. The summed E-state index contributed by atoms with van der Waals surface area (Å²) in [5.41, 5.74) is 0. The van der Waals surface area contributed by atoms with E-state index in [0.29, 0.717) is 4.90 Å². The lowest BCUT2D eigenvalue weighted by atomic mass is 10.1.